The third-order valence-corrected chi connectivity index (χ3v) is 4.24. The van der Waals surface area contributed by atoms with Crippen LogP contribution in [0.4, 0.5) is 0 Å². The van der Waals surface area contributed by atoms with E-state index in [1.165, 1.54) is 0 Å². The number of carboxylic acids is 1. The molecule has 4 heteroatoms. The van der Waals surface area contributed by atoms with Gasteiger partial charge < -0.3 is 9.84 Å². The van der Waals surface area contributed by atoms with Gasteiger partial charge in [0.25, 0.3) is 0 Å². The minimum atomic E-state index is -0.878. The van der Waals surface area contributed by atoms with Crippen molar-refractivity contribution < 1.29 is 14.6 Å². The zero-order valence-electron chi connectivity index (χ0n) is 13.0. The topological polar surface area (TPSA) is 49.8 Å². The van der Waals surface area contributed by atoms with Crippen LogP contribution >= 0.6 is 0 Å². The van der Waals surface area contributed by atoms with Crippen molar-refractivity contribution in [1.82, 2.24) is 4.90 Å². The number of nitrogens with zero attached hydrogens (tertiary/aromatic N) is 1. The summed E-state index contributed by atoms with van der Waals surface area (Å²) in [6, 6.07) is 17.4. The van der Waals surface area contributed by atoms with Gasteiger partial charge in [0.2, 0.25) is 0 Å². The van der Waals surface area contributed by atoms with Crippen LogP contribution in [0.3, 0.4) is 0 Å². The summed E-state index contributed by atoms with van der Waals surface area (Å²) in [5.41, 5.74) is 1.38. The molecule has 0 aliphatic carbocycles. The summed E-state index contributed by atoms with van der Waals surface area (Å²) in [5.74, 6) is 0.0180. The second kappa shape index (κ2) is 7.29. The van der Waals surface area contributed by atoms with Crippen LogP contribution < -0.4 is 4.74 Å². The van der Waals surface area contributed by atoms with Crippen LogP contribution in [0.2, 0.25) is 0 Å². The van der Waals surface area contributed by atoms with E-state index in [0.29, 0.717) is 18.2 Å². The predicted octanol–water partition coefficient (Wildman–Crippen LogP) is 3.43. The highest BCUT2D eigenvalue weighted by molar-refractivity contribution is 5.87. The summed E-state index contributed by atoms with van der Waals surface area (Å²) < 4.78 is 5.88. The Morgan fingerprint density at radius 2 is 2.00 bits per heavy atom. The van der Waals surface area contributed by atoms with Crippen molar-refractivity contribution in [2.24, 2.45) is 0 Å². The molecule has 1 atom stereocenters. The average molecular weight is 311 g/mol. The molecule has 1 saturated heterocycles. The number of para-hydroxylation sites is 1. The number of aromatic carboxylic acids is 1. The number of ether oxygens (including phenoxy) is 1. The van der Waals surface area contributed by atoms with E-state index in [1.54, 1.807) is 12.1 Å². The summed E-state index contributed by atoms with van der Waals surface area (Å²) >= 11 is 0. The number of carboxylic acid groups (broad SMARTS) is 1. The summed E-state index contributed by atoms with van der Waals surface area (Å²) in [5, 5.41) is 9.10. The Morgan fingerprint density at radius 3 is 2.78 bits per heavy atom. The molecule has 0 bridgehead atoms. The van der Waals surface area contributed by atoms with E-state index in [4.69, 9.17) is 9.84 Å². The van der Waals surface area contributed by atoms with Crippen molar-refractivity contribution in [3.05, 3.63) is 65.7 Å². The molecule has 1 aliphatic heterocycles. The molecule has 23 heavy (non-hydrogen) atoms. The van der Waals surface area contributed by atoms with Crippen molar-refractivity contribution in [2.45, 2.75) is 25.4 Å². The maximum absolute atomic E-state index is 11.1. The summed E-state index contributed by atoms with van der Waals surface area (Å²) in [4.78, 5) is 13.5. The Hall–Kier alpha value is -2.33. The average Bonchev–Trinajstić information content (AvgIpc) is 3.01. The van der Waals surface area contributed by atoms with Gasteiger partial charge in [-0.2, -0.15) is 0 Å². The molecule has 2 aromatic rings. The molecule has 1 heterocycles. The van der Waals surface area contributed by atoms with Gasteiger partial charge in [-0.15, -0.1) is 0 Å². The molecule has 1 N–H and O–H groups in total. The number of benzene rings is 2. The van der Waals surface area contributed by atoms with E-state index < -0.39 is 5.97 Å². The Labute approximate surface area is 136 Å². The quantitative estimate of drug-likeness (QED) is 0.888. The predicted molar refractivity (Wildman–Crippen MR) is 88.8 cm³/mol. The SMILES string of the molecule is O=C(O)c1cccc(CN2CCC[C@H]2COc2ccccc2)c1. The Bertz CT molecular complexity index is 657. The zero-order valence-corrected chi connectivity index (χ0v) is 13.0. The highest BCUT2D eigenvalue weighted by atomic mass is 16.5. The molecule has 120 valence electrons. The van der Waals surface area contributed by atoms with Crippen LogP contribution in [0.15, 0.2) is 54.6 Å². The van der Waals surface area contributed by atoms with Crippen molar-refractivity contribution in [1.29, 1.82) is 0 Å². The zero-order chi connectivity index (χ0) is 16.1. The largest absolute Gasteiger partial charge is 0.492 e. The van der Waals surface area contributed by atoms with Gasteiger partial charge in [-0.05, 0) is 49.2 Å². The first-order valence-electron chi connectivity index (χ1n) is 7.96. The molecular weight excluding hydrogens is 290 g/mol. The number of rotatable bonds is 6. The minimum absolute atomic E-state index is 0.346. The number of likely N-dealkylation sites (tertiary alicyclic amines) is 1. The molecule has 1 fully saturated rings. The van der Waals surface area contributed by atoms with Gasteiger partial charge in [-0.3, -0.25) is 4.90 Å². The smallest absolute Gasteiger partial charge is 0.335 e. The first kappa shape index (κ1) is 15.6. The van der Waals surface area contributed by atoms with E-state index >= 15 is 0 Å². The molecule has 4 nitrogen and oxygen atoms in total. The van der Waals surface area contributed by atoms with Crippen LogP contribution in [0.25, 0.3) is 0 Å². The molecular formula is C19H21NO3. The van der Waals surface area contributed by atoms with E-state index in [1.807, 2.05) is 42.5 Å². The number of carbonyl (C=O) groups is 1. The standard InChI is InChI=1S/C19H21NO3/c21-19(22)16-7-4-6-15(12-16)13-20-11-5-8-17(20)14-23-18-9-2-1-3-10-18/h1-4,6-7,9-10,12,17H,5,8,11,13-14H2,(H,21,22)/t17-/m0/s1. The third-order valence-electron chi connectivity index (χ3n) is 4.24. The molecule has 0 saturated carbocycles. The molecule has 0 aromatic heterocycles. The van der Waals surface area contributed by atoms with Crippen LogP contribution in [0, 0.1) is 0 Å². The second-order valence-corrected chi connectivity index (χ2v) is 5.90. The Balaban J connectivity index is 1.60. The highest BCUT2D eigenvalue weighted by Gasteiger charge is 2.25. The van der Waals surface area contributed by atoms with Crippen LogP contribution in [0.5, 0.6) is 5.75 Å². The second-order valence-electron chi connectivity index (χ2n) is 5.90. The lowest BCUT2D eigenvalue weighted by molar-refractivity contribution is 0.0696. The van der Waals surface area contributed by atoms with Crippen molar-refractivity contribution >= 4 is 5.97 Å². The first-order valence-corrected chi connectivity index (χ1v) is 7.96. The maximum Gasteiger partial charge on any atom is 0.335 e. The third kappa shape index (κ3) is 4.11. The lowest BCUT2D eigenvalue weighted by Crippen LogP contribution is -2.33. The van der Waals surface area contributed by atoms with Gasteiger partial charge in [0.05, 0.1) is 5.56 Å². The van der Waals surface area contributed by atoms with Crippen molar-refractivity contribution in [2.75, 3.05) is 13.2 Å². The lowest BCUT2D eigenvalue weighted by Gasteiger charge is -2.24. The van der Waals surface area contributed by atoms with E-state index in [2.05, 4.69) is 4.90 Å². The van der Waals surface area contributed by atoms with Gasteiger partial charge in [-0.1, -0.05) is 30.3 Å². The Kier molecular flexibility index (Phi) is 4.93. The van der Waals surface area contributed by atoms with Crippen LogP contribution in [0.1, 0.15) is 28.8 Å². The monoisotopic (exact) mass is 311 g/mol. The lowest BCUT2D eigenvalue weighted by atomic mass is 10.1. The number of hydrogen-bond acceptors (Lipinski definition) is 3. The fourth-order valence-corrected chi connectivity index (χ4v) is 3.04. The number of hydrogen-bond donors (Lipinski definition) is 1. The first-order chi connectivity index (χ1) is 11.2. The van der Waals surface area contributed by atoms with Crippen LogP contribution in [-0.2, 0) is 6.54 Å². The van der Waals surface area contributed by atoms with Gasteiger partial charge in [-0.25, -0.2) is 4.79 Å². The fourth-order valence-electron chi connectivity index (χ4n) is 3.04. The summed E-state index contributed by atoms with van der Waals surface area (Å²) in [6.07, 6.45) is 2.27. The molecule has 0 amide bonds. The van der Waals surface area contributed by atoms with Crippen molar-refractivity contribution in [3.8, 4) is 5.75 Å². The molecule has 3 rings (SSSR count). The minimum Gasteiger partial charge on any atom is -0.492 e. The molecule has 1 aliphatic rings. The molecule has 0 spiro atoms. The van der Waals surface area contributed by atoms with E-state index in [0.717, 1.165) is 37.2 Å². The summed E-state index contributed by atoms with van der Waals surface area (Å²) in [6.45, 7) is 2.46. The van der Waals surface area contributed by atoms with Gasteiger partial charge in [0.15, 0.2) is 0 Å². The molecule has 0 radical (unpaired) electrons. The maximum atomic E-state index is 11.1. The van der Waals surface area contributed by atoms with Gasteiger partial charge >= 0.3 is 5.97 Å². The fraction of sp³-hybridized carbons (Fsp3) is 0.316. The van der Waals surface area contributed by atoms with Crippen LogP contribution in [-0.4, -0.2) is 35.2 Å². The van der Waals surface area contributed by atoms with E-state index in [-0.39, 0.29) is 0 Å². The molecule has 2 aromatic carbocycles. The Morgan fingerprint density at radius 1 is 1.17 bits per heavy atom. The molecule has 0 unspecified atom stereocenters. The highest BCUT2D eigenvalue weighted by Crippen LogP contribution is 2.22. The van der Waals surface area contributed by atoms with E-state index in [9.17, 15) is 4.79 Å². The normalized spacial score (nSPS) is 18.0. The van der Waals surface area contributed by atoms with Gasteiger partial charge in [0.1, 0.15) is 12.4 Å². The summed E-state index contributed by atoms with van der Waals surface area (Å²) in [7, 11) is 0. The van der Waals surface area contributed by atoms with Gasteiger partial charge in [0, 0.05) is 12.6 Å². The van der Waals surface area contributed by atoms with Crippen molar-refractivity contribution in [3.63, 3.8) is 0 Å².